The monoisotopic (exact) mass is 371 g/mol. The molecule has 128 valence electrons. The number of rotatable bonds is 6. The summed E-state index contributed by atoms with van der Waals surface area (Å²) >= 11 is 2.84. The number of aryl methyl sites for hydroxylation is 1. The Morgan fingerprint density at radius 1 is 1.12 bits per heavy atom. The molecule has 0 saturated heterocycles. The first-order valence-corrected chi connectivity index (χ1v) is 9.41. The fourth-order valence-electron chi connectivity index (χ4n) is 2.06. The molecule has 0 radical (unpaired) electrons. The number of aromatic nitrogens is 2. The molecule has 0 aliphatic rings. The third-order valence-corrected chi connectivity index (χ3v) is 5.30. The van der Waals surface area contributed by atoms with E-state index < -0.39 is 0 Å². The van der Waals surface area contributed by atoms with Crippen LogP contribution in [0.5, 0.6) is 5.75 Å². The quantitative estimate of drug-likeness (QED) is 0.656. The molecule has 1 amide bonds. The zero-order valence-corrected chi connectivity index (χ0v) is 15.5. The van der Waals surface area contributed by atoms with Crippen LogP contribution < -0.4 is 10.1 Å². The Balaban J connectivity index is 1.56. The van der Waals surface area contributed by atoms with Gasteiger partial charge < -0.3 is 4.74 Å². The Kier molecular flexibility index (Phi) is 5.67. The molecule has 5 nitrogen and oxygen atoms in total. The Bertz CT molecular complexity index is 846. The first-order valence-electron chi connectivity index (χ1n) is 7.61. The number of hydrogen-bond acceptors (Lipinski definition) is 6. The zero-order chi connectivity index (χ0) is 17.6. The van der Waals surface area contributed by atoms with Gasteiger partial charge in [0.05, 0.1) is 12.9 Å². The fraction of sp³-hybridized carbons (Fsp3) is 0.167. The van der Waals surface area contributed by atoms with E-state index in [-0.39, 0.29) is 5.91 Å². The summed E-state index contributed by atoms with van der Waals surface area (Å²) in [6.07, 6.45) is 0. The van der Waals surface area contributed by atoms with Crippen molar-refractivity contribution in [1.82, 2.24) is 10.2 Å². The van der Waals surface area contributed by atoms with Crippen LogP contribution in [0.3, 0.4) is 0 Å². The third kappa shape index (κ3) is 4.80. The zero-order valence-electron chi connectivity index (χ0n) is 13.9. The molecule has 0 spiro atoms. The van der Waals surface area contributed by atoms with E-state index in [4.69, 9.17) is 4.74 Å². The van der Waals surface area contributed by atoms with Gasteiger partial charge in [-0.3, -0.25) is 10.1 Å². The van der Waals surface area contributed by atoms with E-state index in [1.807, 2.05) is 55.5 Å². The molecular formula is C18H17N3O2S2. The highest BCUT2D eigenvalue weighted by molar-refractivity contribution is 8.00. The van der Waals surface area contributed by atoms with Gasteiger partial charge in [0.15, 0.2) is 0 Å². The smallest absolute Gasteiger partial charge is 0.236 e. The Morgan fingerprint density at radius 2 is 1.84 bits per heavy atom. The summed E-state index contributed by atoms with van der Waals surface area (Å²) in [4.78, 5) is 13.1. The molecule has 2 aromatic carbocycles. The maximum Gasteiger partial charge on any atom is 0.236 e. The van der Waals surface area contributed by atoms with Gasteiger partial charge in [0.1, 0.15) is 10.8 Å². The highest BCUT2D eigenvalue weighted by Gasteiger charge is 2.10. The van der Waals surface area contributed by atoms with E-state index >= 15 is 0 Å². The van der Waals surface area contributed by atoms with E-state index in [9.17, 15) is 4.79 Å². The number of carbonyl (C=O) groups excluding carboxylic acids is 1. The maximum atomic E-state index is 12.1. The van der Waals surface area contributed by atoms with Crippen LogP contribution in [0.15, 0.2) is 53.4 Å². The molecule has 1 aromatic heterocycles. The molecule has 3 aromatic rings. The number of anilines is 1. The van der Waals surface area contributed by atoms with E-state index in [1.165, 1.54) is 28.7 Å². The summed E-state index contributed by atoms with van der Waals surface area (Å²) in [5.41, 5.74) is 2.14. The van der Waals surface area contributed by atoms with Gasteiger partial charge in [-0.15, -0.1) is 22.0 Å². The molecule has 1 heterocycles. The number of benzene rings is 2. The van der Waals surface area contributed by atoms with E-state index in [1.54, 1.807) is 7.11 Å². The van der Waals surface area contributed by atoms with E-state index in [0.717, 1.165) is 21.2 Å². The van der Waals surface area contributed by atoms with Crippen molar-refractivity contribution >= 4 is 34.1 Å². The summed E-state index contributed by atoms with van der Waals surface area (Å²) in [5.74, 6) is 1.03. The Morgan fingerprint density at radius 3 is 2.52 bits per heavy atom. The summed E-state index contributed by atoms with van der Waals surface area (Å²) in [7, 11) is 1.63. The van der Waals surface area contributed by atoms with Crippen molar-refractivity contribution in [1.29, 1.82) is 0 Å². The molecule has 0 atom stereocenters. The van der Waals surface area contributed by atoms with Gasteiger partial charge in [-0.25, -0.2) is 0 Å². The first kappa shape index (κ1) is 17.4. The van der Waals surface area contributed by atoms with Crippen LogP contribution in [0, 0.1) is 6.92 Å². The van der Waals surface area contributed by atoms with Crippen LogP contribution in [0.2, 0.25) is 0 Å². The number of nitrogens with zero attached hydrogens (tertiary/aromatic N) is 2. The second-order valence-electron chi connectivity index (χ2n) is 5.29. The number of ether oxygens (including phenoxy) is 1. The number of hydrogen-bond donors (Lipinski definition) is 1. The number of carbonyl (C=O) groups is 1. The van der Waals surface area contributed by atoms with Crippen LogP contribution in [0.1, 0.15) is 5.56 Å². The number of methoxy groups -OCH3 is 1. The first-order chi connectivity index (χ1) is 12.1. The standard InChI is InChI=1S/C18H17N3O2S2/c1-12-3-9-15(10-4-12)24-11-16(22)19-18-21-20-17(25-18)13-5-7-14(23-2)8-6-13/h3-10H,11H2,1-2H3,(H,19,21,22). The molecule has 0 aliphatic heterocycles. The van der Waals surface area contributed by atoms with E-state index in [0.29, 0.717) is 10.9 Å². The number of nitrogens with one attached hydrogen (secondary N) is 1. The molecule has 7 heteroatoms. The molecule has 0 unspecified atom stereocenters. The highest BCUT2D eigenvalue weighted by Crippen LogP contribution is 2.28. The number of amides is 1. The lowest BCUT2D eigenvalue weighted by Gasteiger charge is -2.02. The van der Waals surface area contributed by atoms with Crippen molar-refractivity contribution in [3.8, 4) is 16.3 Å². The van der Waals surface area contributed by atoms with Gasteiger partial charge in [-0.2, -0.15) is 0 Å². The van der Waals surface area contributed by atoms with Crippen molar-refractivity contribution < 1.29 is 9.53 Å². The van der Waals surface area contributed by atoms with E-state index in [2.05, 4.69) is 15.5 Å². The third-order valence-electron chi connectivity index (χ3n) is 3.40. The van der Waals surface area contributed by atoms with Gasteiger partial charge in [0.2, 0.25) is 11.0 Å². The van der Waals surface area contributed by atoms with Gasteiger partial charge in [-0.05, 0) is 43.3 Å². The lowest BCUT2D eigenvalue weighted by molar-refractivity contribution is -0.113. The average Bonchev–Trinajstić information content (AvgIpc) is 3.10. The predicted molar refractivity (Wildman–Crippen MR) is 102 cm³/mol. The summed E-state index contributed by atoms with van der Waals surface area (Å²) in [6, 6.07) is 15.7. The molecule has 0 saturated carbocycles. The van der Waals surface area contributed by atoms with Crippen LogP contribution in [-0.4, -0.2) is 29.0 Å². The molecule has 25 heavy (non-hydrogen) atoms. The van der Waals surface area contributed by atoms with Crippen molar-refractivity contribution in [2.24, 2.45) is 0 Å². The summed E-state index contributed by atoms with van der Waals surface area (Å²) in [6.45, 7) is 2.04. The van der Waals surface area contributed by atoms with Crippen LogP contribution in [0.25, 0.3) is 10.6 Å². The molecular weight excluding hydrogens is 354 g/mol. The minimum atomic E-state index is -0.0944. The minimum Gasteiger partial charge on any atom is -0.497 e. The lowest BCUT2D eigenvalue weighted by atomic mass is 10.2. The van der Waals surface area contributed by atoms with Crippen LogP contribution in [0.4, 0.5) is 5.13 Å². The normalized spacial score (nSPS) is 10.5. The number of thioether (sulfide) groups is 1. The molecule has 0 bridgehead atoms. The van der Waals surface area contributed by atoms with Crippen molar-refractivity contribution in [3.05, 3.63) is 54.1 Å². The molecule has 1 N–H and O–H groups in total. The molecule has 3 rings (SSSR count). The largest absolute Gasteiger partial charge is 0.497 e. The van der Waals surface area contributed by atoms with Gasteiger partial charge in [0, 0.05) is 10.5 Å². The topological polar surface area (TPSA) is 64.1 Å². The van der Waals surface area contributed by atoms with Crippen molar-refractivity contribution in [2.75, 3.05) is 18.2 Å². The van der Waals surface area contributed by atoms with Gasteiger partial charge in [-0.1, -0.05) is 29.0 Å². The van der Waals surface area contributed by atoms with Crippen molar-refractivity contribution in [2.45, 2.75) is 11.8 Å². The summed E-state index contributed by atoms with van der Waals surface area (Å²) < 4.78 is 5.14. The Hall–Kier alpha value is -2.38. The second-order valence-corrected chi connectivity index (χ2v) is 7.32. The van der Waals surface area contributed by atoms with Crippen molar-refractivity contribution in [3.63, 3.8) is 0 Å². The fourth-order valence-corrected chi connectivity index (χ4v) is 3.53. The Labute approximate surface area is 154 Å². The van der Waals surface area contributed by atoms with Crippen LogP contribution in [-0.2, 0) is 4.79 Å². The minimum absolute atomic E-state index is 0.0944. The average molecular weight is 371 g/mol. The highest BCUT2D eigenvalue weighted by atomic mass is 32.2. The van der Waals surface area contributed by atoms with Gasteiger partial charge in [0.25, 0.3) is 0 Å². The maximum absolute atomic E-state index is 12.1. The van der Waals surface area contributed by atoms with Crippen LogP contribution >= 0.6 is 23.1 Å². The lowest BCUT2D eigenvalue weighted by Crippen LogP contribution is -2.13. The molecule has 0 aliphatic carbocycles. The molecule has 0 fully saturated rings. The van der Waals surface area contributed by atoms with Gasteiger partial charge >= 0.3 is 0 Å². The predicted octanol–water partition coefficient (Wildman–Crippen LogP) is 4.25. The second kappa shape index (κ2) is 8.13. The summed E-state index contributed by atoms with van der Waals surface area (Å²) in [5, 5.41) is 12.2. The SMILES string of the molecule is COc1ccc(-c2nnc(NC(=O)CSc3ccc(C)cc3)s2)cc1.